The van der Waals surface area contributed by atoms with Crippen LogP contribution in [0.5, 0.6) is 0 Å². The van der Waals surface area contributed by atoms with E-state index in [1.165, 1.54) is 5.39 Å². The zero-order valence-electron chi connectivity index (χ0n) is 23.0. The average Bonchev–Trinajstić information content (AvgIpc) is 2.87. The Kier molecular flexibility index (Phi) is 12.3. The van der Waals surface area contributed by atoms with Crippen LogP contribution in [0.15, 0.2) is 60.7 Å². The molecule has 0 saturated carbocycles. The van der Waals surface area contributed by atoms with Gasteiger partial charge in [-0.25, -0.2) is 9.59 Å². The van der Waals surface area contributed by atoms with Gasteiger partial charge in [0, 0.05) is 23.3 Å². The summed E-state index contributed by atoms with van der Waals surface area (Å²) in [6.45, 7) is 8.53. The first-order valence-electron chi connectivity index (χ1n) is 12.2. The summed E-state index contributed by atoms with van der Waals surface area (Å²) in [5, 5.41) is 23.1. The maximum atomic E-state index is 13.0. The standard InChI is InChI=1S/C24H29N3O.2C2HF3O2/c1-16-12-13-19(26-15-24(3,4)25)14-22(16)23(28)27-17(2)20-11-7-9-18-8-5-6-10-21(18)20;2*3-2(4,5)1(6)7/h5-14,17,26H,15,25H2,1-4H3,(H,27,28);2*(H,6,7)/t17-;;/m1../s1. The van der Waals surface area contributed by atoms with Crippen molar-refractivity contribution < 1.29 is 50.9 Å². The van der Waals surface area contributed by atoms with E-state index in [0.29, 0.717) is 12.1 Å². The number of alkyl halides is 6. The number of carbonyl (C=O) groups is 3. The van der Waals surface area contributed by atoms with Crippen LogP contribution in [0.4, 0.5) is 32.0 Å². The Morgan fingerprint density at radius 3 is 1.86 bits per heavy atom. The molecular formula is C28H31F6N3O5. The summed E-state index contributed by atoms with van der Waals surface area (Å²) in [6, 6.07) is 20.2. The predicted octanol–water partition coefficient (Wildman–Crippen LogP) is 6.06. The number of anilines is 1. The number of nitrogens with two attached hydrogens (primary N) is 1. The van der Waals surface area contributed by atoms with Crippen LogP contribution in [0, 0.1) is 6.92 Å². The van der Waals surface area contributed by atoms with Gasteiger partial charge in [-0.05, 0) is 61.7 Å². The van der Waals surface area contributed by atoms with Crippen LogP contribution in [-0.4, -0.2) is 52.5 Å². The lowest BCUT2D eigenvalue weighted by Crippen LogP contribution is -2.39. The van der Waals surface area contributed by atoms with Crippen LogP contribution in [-0.2, 0) is 9.59 Å². The molecule has 3 rings (SSSR count). The highest BCUT2D eigenvalue weighted by molar-refractivity contribution is 5.97. The highest BCUT2D eigenvalue weighted by atomic mass is 19.4. The second-order valence-electron chi connectivity index (χ2n) is 9.74. The molecule has 0 bridgehead atoms. The van der Waals surface area contributed by atoms with Crippen molar-refractivity contribution in [3.63, 3.8) is 0 Å². The Hall–Kier alpha value is -4.33. The Labute approximate surface area is 237 Å². The third-order valence-electron chi connectivity index (χ3n) is 5.35. The van der Waals surface area contributed by atoms with E-state index in [0.717, 1.165) is 22.2 Å². The highest BCUT2D eigenvalue weighted by Crippen LogP contribution is 2.25. The minimum Gasteiger partial charge on any atom is -0.475 e. The van der Waals surface area contributed by atoms with Crippen LogP contribution in [0.2, 0.25) is 0 Å². The maximum Gasteiger partial charge on any atom is 0.490 e. The number of benzene rings is 3. The van der Waals surface area contributed by atoms with E-state index < -0.39 is 24.3 Å². The number of halogens is 6. The van der Waals surface area contributed by atoms with Crippen LogP contribution >= 0.6 is 0 Å². The normalized spacial score (nSPS) is 12.2. The van der Waals surface area contributed by atoms with Crippen molar-refractivity contribution in [2.24, 2.45) is 5.73 Å². The van der Waals surface area contributed by atoms with Crippen molar-refractivity contribution in [3.05, 3.63) is 77.4 Å². The second kappa shape index (κ2) is 14.5. The summed E-state index contributed by atoms with van der Waals surface area (Å²) in [4.78, 5) is 30.8. The molecule has 0 unspecified atom stereocenters. The van der Waals surface area contributed by atoms with Crippen LogP contribution in [0.3, 0.4) is 0 Å². The number of aliphatic carboxylic acids is 2. The maximum absolute atomic E-state index is 13.0. The highest BCUT2D eigenvalue weighted by Gasteiger charge is 2.38. The molecule has 8 nitrogen and oxygen atoms in total. The lowest BCUT2D eigenvalue weighted by Gasteiger charge is -2.21. The number of carboxylic acid groups (broad SMARTS) is 2. The molecule has 3 aromatic carbocycles. The van der Waals surface area contributed by atoms with Gasteiger partial charge in [0.15, 0.2) is 0 Å². The number of aryl methyl sites for hydroxylation is 1. The van der Waals surface area contributed by atoms with Gasteiger partial charge in [0.25, 0.3) is 5.91 Å². The summed E-state index contributed by atoms with van der Waals surface area (Å²) >= 11 is 0. The van der Waals surface area contributed by atoms with Crippen LogP contribution in [0.1, 0.15) is 48.3 Å². The van der Waals surface area contributed by atoms with Gasteiger partial charge in [0.1, 0.15) is 0 Å². The summed E-state index contributed by atoms with van der Waals surface area (Å²) in [6.07, 6.45) is -10.2. The van der Waals surface area contributed by atoms with Gasteiger partial charge in [0.05, 0.1) is 6.04 Å². The van der Waals surface area contributed by atoms with E-state index in [9.17, 15) is 31.1 Å². The first-order valence-corrected chi connectivity index (χ1v) is 12.2. The number of hydrogen-bond acceptors (Lipinski definition) is 5. The molecule has 0 aliphatic carbocycles. The van der Waals surface area contributed by atoms with E-state index in [2.05, 4.69) is 34.9 Å². The fraction of sp³-hybridized carbons (Fsp3) is 0.321. The van der Waals surface area contributed by atoms with Crippen molar-refractivity contribution in [1.82, 2.24) is 5.32 Å². The zero-order chi connectivity index (χ0) is 32.5. The van der Waals surface area contributed by atoms with Crippen molar-refractivity contribution in [2.75, 3.05) is 11.9 Å². The van der Waals surface area contributed by atoms with E-state index in [4.69, 9.17) is 25.5 Å². The van der Waals surface area contributed by atoms with Crippen LogP contribution in [0.25, 0.3) is 10.8 Å². The Morgan fingerprint density at radius 2 is 1.36 bits per heavy atom. The molecule has 0 saturated heterocycles. The third-order valence-corrected chi connectivity index (χ3v) is 5.35. The van der Waals surface area contributed by atoms with Gasteiger partial charge in [-0.15, -0.1) is 0 Å². The van der Waals surface area contributed by atoms with Gasteiger partial charge in [-0.2, -0.15) is 26.3 Å². The second-order valence-corrected chi connectivity index (χ2v) is 9.74. The number of amides is 1. The molecule has 0 radical (unpaired) electrons. The molecule has 1 atom stereocenters. The van der Waals surface area contributed by atoms with E-state index in [1.807, 2.05) is 64.1 Å². The fourth-order valence-corrected chi connectivity index (χ4v) is 3.29. The Balaban J connectivity index is 0.000000522. The fourth-order valence-electron chi connectivity index (χ4n) is 3.29. The average molecular weight is 604 g/mol. The molecule has 0 fully saturated rings. The van der Waals surface area contributed by atoms with Gasteiger partial charge in [-0.3, -0.25) is 4.79 Å². The van der Waals surface area contributed by atoms with Crippen molar-refractivity contribution in [3.8, 4) is 0 Å². The number of carbonyl (C=O) groups excluding carboxylic acids is 1. The molecule has 0 spiro atoms. The Bertz CT molecular complexity index is 1360. The molecule has 0 heterocycles. The molecule has 0 aliphatic rings. The number of hydrogen-bond donors (Lipinski definition) is 5. The van der Waals surface area contributed by atoms with E-state index in [1.54, 1.807) is 0 Å². The number of fused-ring (bicyclic) bond motifs is 1. The van der Waals surface area contributed by atoms with Gasteiger partial charge < -0.3 is 26.6 Å². The number of nitrogens with one attached hydrogen (secondary N) is 2. The summed E-state index contributed by atoms with van der Waals surface area (Å²) in [5.74, 6) is -5.59. The quantitative estimate of drug-likeness (QED) is 0.216. The predicted molar refractivity (Wildman–Crippen MR) is 145 cm³/mol. The van der Waals surface area contributed by atoms with E-state index in [-0.39, 0.29) is 17.5 Å². The zero-order valence-corrected chi connectivity index (χ0v) is 23.0. The molecule has 230 valence electrons. The summed E-state index contributed by atoms with van der Waals surface area (Å²) < 4.78 is 63.5. The summed E-state index contributed by atoms with van der Waals surface area (Å²) in [5.41, 5.74) is 9.35. The monoisotopic (exact) mass is 603 g/mol. The number of carboxylic acids is 2. The Morgan fingerprint density at radius 1 is 0.857 bits per heavy atom. The molecule has 42 heavy (non-hydrogen) atoms. The van der Waals surface area contributed by atoms with Crippen molar-refractivity contribution in [2.45, 2.75) is 51.6 Å². The van der Waals surface area contributed by atoms with Crippen molar-refractivity contribution >= 4 is 34.3 Å². The lowest BCUT2D eigenvalue weighted by molar-refractivity contribution is -0.193. The smallest absolute Gasteiger partial charge is 0.475 e. The number of rotatable bonds is 6. The molecule has 1 amide bonds. The van der Waals surface area contributed by atoms with Gasteiger partial charge >= 0.3 is 24.3 Å². The first kappa shape index (κ1) is 35.7. The molecule has 6 N–H and O–H groups in total. The molecule has 0 aliphatic heterocycles. The van der Waals surface area contributed by atoms with E-state index >= 15 is 0 Å². The molecule has 3 aromatic rings. The van der Waals surface area contributed by atoms with Gasteiger partial charge in [-0.1, -0.05) is 48.5 Å². The van der Waals surface area contributed by atoms with Crippen molar-refractivity contribution in [1.29, 1.82) is 0 Å². The minimum absolute atomic E-state index is 0.0754. The minimum atomic E-state index is -5.08. The molecular weight excluding hydrogens is 572 g/mol. The van der Waals surface area contributed by atoms with Crippen LogP contribution < -0.4 is 16.4 Å². The SMILES string of the molecule is Cc1ccc(NCC(C)(C)N)cc1C(=O)N[C@H](C)c1cccc2ccccc12.O=C(O)C(F)(F)F.O=C(O)C(F)(F)F. The molecule has 0 aromatic heterocycles. The first-order chi connectivity index (χ1) is 19.1. The topological polar surface area (TPSA) is 142 Å². The third kappa shape index (κ3) is 12.0. The largest absolute Gasteiger partial charge is 0.490 e. The molecule has 14 heteroatoms. The summed E-state index contributed by atoms with van der Waals surface area (Å²) in [7, 11) is 0. The van der Waals surface area contributed by atoms with Gasteiger partial charge in [0.2, 0.25) is 0 Å². The lowest BCUT2D eigenvalue weighted by atomic mass is 9.99.